The Labute approximate surface area is 130 Å². The molecule has 0 atom stereocenters. The molecule has 1 heterocycles. The molecule has 0 spiro atoms. The maximum Gasteiger partial charge on any atom is 0.192 e. The first-order valence-electron chi connectivity index (χ1n) is 6.88. The topological polar surface area (TPSA) is 22.1 Å². The molecule has 0 radical (unpaired) electrons. The van der Waals surface area contributed by atoms with E-state index in [4.69, 9.17) is 4.43 Å². The summed E-state index contributed by atoms with van der Waals surface area (Å²) in [6.45, 7) is 11.9. The third kappa shape index (κ3) is 3.48. The summed E-state index contributed by atoms with van der Waals surface area (Å²) in [5, 5.41) is 1.39. The van der Waals surface area contributed by atoms with E-state index in [0.29, 0.717) is 6.61 Å². The fourth-order valence-corrected chi connectivity index (χ4v) is 2.97. The van der Waals surface area contributed by atoms with Gasteiger partial charge in [0, 0.05) is 9.86 Å². The zero-order valence-corrected chi connectivity index (χ0v) is 15.4. The van der Waals surface area contributed by atoms with Crippen molar-refractivity contribution in [1.29, 1.82) is 0 Å². The first-order valence-corrected chi connectivity index (χ1v) is 10.6. The highest BCUT2D eigenvalue weighted by atomic mass is 79.9. The quantitative estimate of drug-likeness (QED) is 0.679. The van der Waals surface area contributed by atoms with Crippen molar-refractivity contribution in [2.45, 2.75) is 45.5 Å². The monoisotopic (exact) mass is 351 g/mol. The number of fused-ring (bicyclic) bond motifs is 1. The van der Waals surface area contributed by atoms with Gasteiger partial charge in [-0.05, 0) is 36.3 Å². The Morgan fingerprint density at radius 2 is 1.80 bits per heavy atom. The summed E-state index contributed by atoms with van der Waals surface area (Å²) in [5.74, 6) is 0. The third-order valence-electron chi connectivity index (χ3n) is 4.10. The van der Waals surface area contributed by atoms with E-state index < -0.39 is 8.32 Å². The molecule has 0 aliphatic carbocycles. The summed E-state index contributed by atoms with van der Waals surface area (Å²) in [4.78, 5) is 4.69. The Morgan fingerprint density at radius 1 is 1.15 bits per heavy atom. The summed E-state index contributed by atoms with van der Waals surface area (Å²) in [6, 6.07) is 10.3. The van der Waals surface area contributed by atoms with Crippen molar-refractivity contribution < 1.29 is 4.43 Å². The van der Waals surface area contributed by atoms with Crippen molar-refractivity contribution in [3.63, 3.8) is 0 Å². The lowest BCUT2D eigenvalue weighted by Gasteiger charge is -2.36. The summed E-state index contributed by atoms with van der Waals surface area (Å²) >= 11 is 3.49. The second-order valence-electron chi connectivity index (χ2n) is 6.69. The fraction of sp³-hybridized carbons (Fsp3) is 0.438. The Morgan fingerprint density at radius 3 is 2.45 bits per heavy atom. The highest BCUT2D eigenvalue weighted by molar-refractivity contribution is 9.10. The van der Waals surface area contributed by atoms with Crippen LogP contribution >= 0.6 is 15.9 Å². The van der Waals surface area contributed by atoms with Gasteiger partial charge in [0.2, 0.25) is 0 Å². The molecule has 1 aromatic heterocycles. The molecule has 0 aliphatic rings. The van der Waals surface area contributed by atoms with Crippen molar-refractivity contribution in [2.75, 3.05) is 0 Å². The number of halogens is 1. The van der Waals surface area contributed by atoms with Crippen molar-refractivity contribution >= 4 is 35.2 Å². The van der Waals surface area contributed by atoms with Crippen molar-refractivity contribution in [2.24, 2.45) is 0 Å². The van der Waals surface area contributed by atoms with Gasteiger partial charge in [-0.15, -0.1) is 0 Å². The molecule has 0 amide bonds. The molecule has 0 saturated heterocycles. The maximum absolute atomic E-state index is 6.22. The predicted octanol–water partition coefficient (Wildman–Crippen LogP) is 5.52. The normalized spacial score (nSPS) is 12.9. The second-order valence-corrected chi connectivity index (χ2v) is 12.4. The van der Waals surface area contributed by atoms with Gasteiger partial charge in [0.1, 0.15) is 0 Å². The van der Waals surface area contributed by atoms with Crippen LogP contribution in [0.15, 0.2) is 34.8 Å². The van der Waals surface area contributed by atoms with Crippen molar-refractivity contribution in [3.8, 4) is 0 Å². The lowest BCUT2D eigenvalue weighted by molar-refractivity contribution is 0.272. The first kappa shape index (κ1) is 15.7. The first-order chi connectivity index (χ1) is 9.19. The van der Waals surface area contributed by atoms with E-state index in [9.17, 15) is 0 Å². The highest BCUT2D eigenvalue weighted by Crippen LogP contribution is 2.37. The SMILES string of the molecule is CC(C)(C)[Si](C)(C)OCc1ccc2ccc(Br)cc2n1. The summed E-state index contributed by atoms with van der Waals surface area (Å²) in [6.07, 6.45) is 0. The largest absolute Gasteiger partial charge is 0.411 e. The van der Waals surface area contributed by atoms with Gasteiger partial charge in [-0.2, -0.15) is 0 Å². The lowest BCUT2D eigenvalue weighted by atomic mass is 10.2. The van der Waals surface area contributed by atoms with Crippen LogP contribution in [0.1, 0.15) is 26.5 Å². The molecule has 1 aromatic carbocycles. The minimum atomic E-state index is -1.72. The van der Waals surface area contributed by atoms with Crippen molar-refractivity contribution in [1.82, 2.24) is 4.98 Å². The molecule has 4 heteroatoms. The van der Waals surface area contributed by atoms with Crippen LogP contribution in [0.25, 0.3) is 10.9 Å². The molecule has 2 nitrogen and oxygen atoms in total. The van der Waals surface area contributed by atoms with Gasteiger partial charge < -0.3 is 4.43 Å². The molecule has 108 valence electrons. The lowest BCUT2D eigenvalue weighted by Crippen LogP contribution is -2.40. The molecular weight excluding hydrogens is 330 g/mol. The average Bonchev–Trinajstić information content (AvgIpc) is 2.34. The number of hydrogen-bond acceptors (Lipinski definition) is 2. The molecule has 0 fully saturated rings. The Balaban J connectivity index is 2.18. The zero-order chi connectivity index (χ0) is 15.0. The standard InChI is InChI=1S/C16H22BrNOSi/c1-16(2,3)20(4,5)19-11-14-9-7-12-6-8-13(17)10-15(12)18-14/h6-10H,11H2,1-5H3. The van der Waals surface area contributed by atoms with Crippen LogP contribution in [-0.4, -0.2) is 13.3 Å². The van der Waals surface area contributed by atoms with E-state index >= 15 is 0 Å². The molecular formula is C16H22BrNOSi. The number of benzene rings is 1. The molecule has 2 rings (SSSR count). The van der Waals surface area contributed by atoms with Crippen LogP contribution in [0.2, 0.25) is 18.1 Å². The average molecular weight is 352 g/mol. The Bertz CT molecular complexity index is 619. The molecule has 0 unspecified atom stereocenters. The smallest absolute Gasteiger partial charge is 0.192 e. The zero-order valence-electron chi connectivity index (χ0n) is 12.8. The number of pyridine rings is 1. The second kappa shape index (κ2) is 5.58. The van der Waals surface area contributed by atoms with Crippen molar-refractivity contribution in [3.05, 3.63) is 40.5 Å². The molecule has 2 aromatic rings. The van der Waals surface area contributed by atoms with E-state index in [1.807, 2.05) is 12.1 Å². The van der Waals surface area contributed by atoms with Gasteiger partial charge in [0.15, 0.2) is 8.32 Å². The molecule has 0 aliphatic heterocycles. The minimum absolute atomic E-state index is 0.229. The van der Waals surface area contributed by atoms with Crippen LogP contribution in [0.5, 0.6) is 0 Å². The van der Waals surface area contributed by atoms with Gasteiger partial charge in [0.05, 0.1) is 17.8 Å². The number of nitrogens with zero attached hydrogens (tertiary/aromatic N) is 1. The maximum atomic E-state index is 6.22. The Kier molecular flexibility index (Phi) is 4.37. The van der Waals surface area contributed by atoms with Crippen LogP contribution in [0.3, 0.4) is 0 Å². The van der Waals surface area contributed by atoms with Gasteiger partial charge in [0.25, 0.3) is 0 Å². The van der Waals surface area contributed by atoms with Gasteiger partial charge in [-0.3, -0.25) is 4.98 Å². The fourth-order valence-electron chi connectivity index (χ4n) is 1.68. The van der Waals surface area contributed by atoms with Crippen LogP contribution in [-0.2, 0) is 11.0 Å². The molecule has 0 saturated carbocycles. The van der Waals surface area contributed by atoms with E-state index in [2.05, 4.69) is 73.0 Å². The predicted molar refractivity (Wildman–Crippen MR) is 91.4 cm³/mol. The molecule has 20 heavy (non-hydrogen) atoms. The minimum Gasteiger partial charge on any atom is -0.411 e. The molecule has 0 bridgehead atoms. The summed E-state index contributed by atoms with van der Waals surface area (Å²) in [5.41, 5.74) is 2.01. The number of rotatable bonds is 3. The molecule has 0 N–H and O–H groups in total. The third-order valence-corrected chi connectivity index (χ3v) is 9.07. The van der Waals surface area contributed by atoms with Crippen LogP contribution in [0, 0.1) is 0 Å². The van der Waals surface area contributed by atoms with Crippen LogP contribution < -0.4 is 0 Å². The van der Waals surface area contributed by atoms with Gasteiger partial charge >= 0.3 is 0 Å². The van der Waals surface area contributed by atoms with E-state index in [-0.39, 0.29) is 5.04 Å². The van der Waals surface area contributed by atoms with E-state index in [1.54, 1.807) is 0 Å². The summed E-state index contributed by atoms with van der Waals surface area (Å²) in [7, 11) is -1.72. The summed E-state index contributed by atoms with van der Waals surface area (Å²) < 4.78 is 7.28. The number of aromatic nitrogens is 1. The van der Waals surface area contributed by atoms with E-state index in [1.165, 1.54) is 0 Å². The van der Waals surface area contributed by atoms with Gasteiger partial charge in [-0.1, -0.05) is 48.8 Å². The Hall–Kier alpha value is -0.713. The highest BCUT2D eigenvalue weighted by Gasteiger charge is 2.37. The number of hydrogen-bond donors (Lipinski definition) is 0. The van der Waals surface area contributed by atoms with E-state index in [0.717, 1.165) is 21.1 Å². The van der Waals surface area contributed by atoms with Crippen LogP contribution in [0.4, 0.5) is 0 Å². The van der Waals surface area contributed by atoms with Gasteiger partial charge in [-0.25, -0.2) is 0 Å².